The molecule has 0 amide bonds. The maximum absolute atomic E-state index is 11.7. The Morgan fingerprint density at radius 2 is 1.97 bits per heavy atom. The molecule has 0 fully saturated rings. The molecule has 32 heavy (non-hydrogen) atoms. The second kappa shape index (κ2) is 10.6. The molecule has 1 unspecified atom stereocenters. The van der Waals surface area contributed by atoms with Crippen molar-refractivity contribution in [2.75, 3.05) is 25.3 Å². The summed E-state index contributed by atoms with van der Waals surface area (Å²) in [5, 5.41) is 20.6. The number of aliphatic hydroxyl groups excluding tert-OH is 1. The molecular formula is C21H26IN3O6S. The van der Waals surface area contributed by atoms with E-state index < -0.39 is 36.8 Å². The maximum atomic E-state index is 11.7. The molecule has 0 aliphatic carbocycles. The zero-order chi connectivity index (χ0) is 23.3. The van der Waals surface area contributed by atoms with Gasteiger partial charge in [-0.1, -0.05) is 0 Å². The van der Waals surface area contributed by atoms with Crippen LogP contribution in [0.1, 0.15) is 12.6 Å². The predicted octanol–water partition coefficient (Wildman–Crippen LogP) is 2.86. The van der Waals surface area contributed by atoms with E-state index in [4.69, 9.17) is 14.2 Å². The number of halogens is 1. The Kier molecular flexibility index (Phi) is 8.09. The first kappa shape index (κ1) is 24.4. The standard InChI is InChI=1S/C21H26IN3O6S/c1-13-9-20(25-24-13)23-21(26)18-10-16(30-14(2)12-29-3)11-19(22-18)31-15-5-7-17(8-6-15)32(4,27)28/h5-11,14,21,26H,12H2,1-4H3,(H2,23,24,25)/t14-,21?/m0/s1. The number of aryl methyl sites for hydroxylation is 1. The third-order valence-electron chi connectivity index (χ3n) is 4.20. The topological polar surface area (TPSA) is 123 Å². The van der Waals surface area contributed by atoms with E-state index in [-0.39, 0.29) is 11.0 Å². The van der Waals surface area contributed by atoms with E-state index in [1.54, 1.807) is 37.5 Å². The number of methoxy groups -OCH3 is 1. The molecule has 0 bridgehead atoms. The normalized spacial score (nSPS) is 16.1. The number of aromatic nitrogens is 2. The fourth-order valence-corrected chi connectivity index (χ4v) is 5.75. The molecule has 0 saturated heterocycles. The van der Waals surface area contributed by atoms with Crippen LogP contribution in [0.25, 0.3) is 0 Å². The van der Waals surface area contributed by atoms with Crippen LogP contribution in [0.4, 0.5) is 5.82 Å². The molecule has 0 spiro atoms. The SMILES string of the molecule is COC[C@H](C)OC1=CC(Oc2ccc(S(C)(=O)=O)cc2)=IC(C(O)Nc2cc(C)[nH]n2)=C1. The van der Waals surface area contributed by atoms with Crippen LogP contribution < -0.4 is 10.1 Å². The number of H-pyrrole nitrogens is 1. The van der Waals surface area contributed by atoms with Gasteiger partial charge in [-0.2, -0.15) is 5.10 Å². The first-order valence-corrected chi connectivity index (χ1v) is 13.7. The highest BCUT2D eigenvalue weighted by Crippen LogP contribution is 2.30. The first-order valence-electron chi connectivity index (χ1n) is 9.69. The molecule has 1 aromatic carbocycles. The van der Waals surface area contributed by atoms with Gasteiger partial charge in [-0.05, 0) is 64.9 Å². The quantitative estimate of drug-likeness (QED) is 0.292. The highest BCUT2D eigenvalue weighted by Gasteiger charge is 2.19. The number of hydrogen-bond acceptors (Lipinski definition) is 8. The van der Waals surface area contributed by atoms with Crippen molar-refractivity contribution in [3.05, 3.63) is 57.5 Å². The van der Waals surface area contributed by atoms with E-state index in [1.165, 1.54) is 12.1 Å². The summed E-state index contributed by atoms with van der Waals surface area (Å²) >= 11 is -0.868. The number of aromatic amines is 1. The van der Waals surface area contributed by atoms with Gasteiger partial charge in [0.1, 0.15) is 23.4 Å². The molecule has 1 aliphatic rings. The Morgan fingerprint density at radius 3 is 2.56 bits per heavy atom. The summed E-state index contributed by atoms with van der Waals surface area (Å²) in [6.45, 7) is 4.16. The molecule has 1 aromatic heterocycles. The molecular weight excluding hydrogens is 549 g/mol. The van der Waals surface area contributed by atoms with Crippen molar-refractivity contribution in [3.63, 3.8) is 0 Å². The van der Waals surface area contributed by atoms with E-state index in [0.29, 0.717) is 27.6 Å². The summed E-state index contributed by atoms with van der Waals surface area (Å²) in [6, 6.07) is 8.01. The van der Waals surface area contributed by atoms with Gasteiger partial charge in [-0.25, -0.2) is 8.42 Å². The van der Waals surface area contributed by atoms with E-state index in [0.717, 1.165) is 15.5 Å². The average Bonchev–Trinajstić information content (AvgIpc) is 3.12. The molecule has 0 radical (unpaired) electrons. The minimum absolute atomic E-state index is 0.200. The van der Waals surface area contributed by atoms with Crippen LogP contribution in [0, 0.1) is 6.92 Å². The number of rotatable bonds is 10. The zero-order valence-corrected chi connectivity index (χ0v) is 21.1. The Morgan fingerprint density at radius 1 is 1.25 bits per heavy atom. The third-order valence-corrected chi connectivity index (χ3v) is 7.91. The molecule has 3 N–H and O–H groups in total. The fourth-order valence-electron chi connectivity index (χ4n) is 2.77. The monoisotopic (exact) mass is 575 g/mol. The number of benzene rings is 1. The van der Waals surface area contributed by atoms with Crippen molar-refractivity contribution in [1.82, 2.24) is 10.2 Å². The highest BCUT2D eigenvalue weighted by atomic mass is 127. The van der Waals surface area contributed by atoms with Gasteiger partial charge in [0.15, 0.2) is 19.8 Å². The lowest BCUT2D eigenvalue weighted by atomic mass is 10.3. The summed E-state index contributed by atoms with van der Waals surface area (Å²) in [7, 11) is -1.69. The van der Waals surface area contributed by atoms with Gasteiger partial charge < -0.3 is 24.6 Å². The zero-order valence-electron chi connectivity index (χ0n) is 18.1. The van der Waals surface area contributed by atoms with Crippen LogP contribution in [-0.4, -0.2) is 59.7 Å². The summed E-state index contributed by atoms with van der Waals surface area (Å²) in [5.41, 5.74) is 0.873. The van der Waals surface area contributed by atoms with Crippen molar-refractivity contribution in [2.45, 2.75) is 31.1 Å². The number of nitrogens with zero attached hydrogens (tertiary/aromatic N) is 1. The molecule has 11 heteroatoms. The van der Waals surface area contributed by atoms with Crippen molar-refractivity contribution in [2.24, 2.45) is 0 Å². The van der Waals surface area contributed by atoms with E-state index >= 15 is 0 Å². The van der Waals surface area contributed by atoms with Crippen LogP contribution in [0.3, 0.4) is 0 Å². The fraction of sp³-hybridized carbons (Fsp3) is 0.333. The highest BCUT2D eigenvalue weighted by molar-refractivity contribution is 14.2. The van der Waals surface area contributed by atoms with Crippen molar-refractivity contribution < 1.29 is 27.7 Å². The van der Waals surface area contributed by atoms with Gasteiger partial charge in [-0.15, -0.1) is 0 Å². The van der Waals surface area contributed by atoms with Crippen LogP contribution in [0.2, 0.25) is 0 Å². The Bertz CT molecular complexity index is 1140. The Labute approximate surface area is 197 Å². The molecule has 3 rings (SSSR count). The van der Waals surface area contributed by atoms with Gasteiger partial charge in [0.25, 0.3) is 0 Å². The summed E-state index contributed by atoms with van der Waals surface area (Å²) < 4.78 is 41.8. The lowest BCUT2D eigenvalue weighted by molar-refractivity contribution is 0.0531. The van der Waals surface area contributed by atoms with E-state index in [1.807, 2.05) is 13.8 Å². The van der Waals surface area contributed by atoms with E-state index in [2.05, 4.69) is 15.5 Å². The van der Waals surface area contributed by atoms with Crippen LogP contribution in [-0.2, 0) is 19.3 Å². The Balaban J connectivity index is 1.83. The van der Waals surface area contributed by atoms with Gasteiger partial charge in [0.05, 0.1) is 11.5 Å². The summed E-state index contributed by atoms with van der Waals surface area (Å²) in [6.07, 6.45) is 3.58. The maximum Gasteiger partial charge on any atom is 0.175 e. The second-order valence-corrected chi connectivity index (χ2v) is 12.1. The number of allylic oxidation sites excluding steroid dienone is 1. The smallest absolute Gasteiger partial charge is 0.175 e. The van der Waals surface area contributed by atoms with Gasteiger partial charge >= 0.3 is 0 Å². The van der Waals surface area contributed by atoms with E-state index in [9.17, 15) is 13.5 Å². The minimum atomic E-state index is -3.29. The molecule has 2 aromatic rings. The largest absolute Gasteiger partial charge is 0.488 e. The first-order chi connectivity index (χ1) is 15.1. The van der Waals surface area contributed by atoms with Crippen LogP contribution in [0.15, 0.2) is 56.7 Å². The third kappa shape index (κ3) is 6.89. The Hall–Kier alpha value is -2.22. The molecule has 9 nitrogen and oxygen atoms in total. The molecule has 2 atom stereocenters. The molecule has 0 saturated carbocycles. The van der Waals surface area contributed by atoms with Crippen molar-refractivity contribution in [3.8, 4) is 5.75 Å². The van der Waals surface area contributed by atoms with Gasteiger partial charge in [-0.3, -0.25) is 5.10 Å². The van der Waals surface area contributed by atoms with Crippen molar-refractivity contribution in [1.29, 1.82) is 0 Å². The summed E-state index contributed by atoms with van der Waals surface area (Å²) in [4.78, 5) is 0.218. The van der Waals surface area contributed by atoms with Crippen molar-refractivity contribution >= 4 is 40.1 Å². The lowest BCUT2D eigenvalue weighted by Crippen LogP contribution is -2.22. The van der Waals surface area contributed by atoms with Gasteiger partial charge in [0.2, 0.25) is 0 Å². The van der Waals surface area contributed by atoms with Gasteiger partial charge in [0, 0.05) is 34.8 Å². The lowest BCUT2D eigenvalue weighted by Gasteiger charge is -2.21. The number of aliphatic hydroxyl groups is 1. The number of hydrogen-bond donors (Lipinski definition) is 3. The number of sulfone groups is 1. The summed E-state index contributed by atoms with van der Waals surface area (Å²) in [5.74, 6) is 1.57. The molecule has 174 valence electrons. The molecule has 1 aliphatic heterocycles. The number of ether oxygens (including phenoxy) is 3. The second-order valence-electron chi connectivity index (χ2n) is 7.19. The number of nitrogens with one attached hydrogen (secondary N) is 2. The average molecular weight is 575 g/mol. The predicted molar refractivity (Wildman–Crippen MR) is 131 cm³/mol. The van der Waals surface area contributed by atoms with Crippen LogP contribution in [0.5, 0.6) is 5.75 Å². The minimum Gasteiger partial charge on any atom is -0.488 e. The van der Waals surface area contributed by atoms with Crippen LogP contribution >= 0.6 is 20.7 Å². The molecule has 2 heterocycles. The number of anilines is 1.